The first-order chi connectivity index (χ1) is 11.6. The van der Waals surface area contributed by atoms with E-state index in [0.717, 1.165) is 29.9 Å². The minimum atomic E-state index is 0.0662. The van der Waals surface area contributed by atoms with Gasteiger partial charge in [-0.25, -0.2) is 0 Å². The molecule has 0 fully saturated rings. The lowest BCUT2D eigenvalue weighted by Gasteiger charge is -2.18. The molecule has 3 N–H and O–H groups in total. The van der Waals surface area contributed by atoms with Crippen molar-refractivity contribution in [1.82, 2.24) is 20.0 Å². The Bertz CT molecular complexity index is 646. The predicted octanol–water partition coefficient (Wildman–Crippen LogP) is 1.95. The number of nitrogens with zero attached hydrogens (tertiary/aromatic N) is 3. The van der Waals surface area contributed by atoms with Gasteiger partial charge in [0.25, 0.3) is 5.91 Å². The molecule has 0 unspecified atom stereocenters. The number of benzene rings is 1. The summed E-state index contributed by atoms with van der Waals surface area (Å²) in [7, 11) is 2.04. The molecule has 1 amide bonds. The Morgan fingerprint density at radius 1 is 1.21 bits per heavy atom. The Balaban J connectivity index is 2.17. The summed E-state index contributed by atoms with van der Waals surface area (Å²) in [6.45, 7) is 7.66. The highest BCUT2D eigenvalue weighted by Crippen LogP contribution is 2.23. The van der Waals surface area contributed by atoms with Crippen LogP contribution in [0.15, 0.2) is 30.5 Å². The second-order valence-electron chi connectivity index (χ2n) is 5.84. The van der Waals surface area contributed by atoms with Crippen LogP contribution in [-0.2, 0) is 6.54 Å². The fourth-order valence-corrected chi connectivity index (χ4v) is 2.74. The Labute approximate surface area is 143 Å². The molecule has 6 nitrogen and oxygen atoms in total. The molecule has 0 saturated carbocycles. The van der Waals surface area contributed by atoms with Crippen molar-refractivity contribution >= 4 is 5.91 Å². The molecule has 0 aliphatic heterocycles. The maximum absolute atomic E-state index is 12.4. The molecule has 1 aromatic heterocycles. The molecule has 24 heavy (non-hydrogen) atoms. The third-order valence-corrected chi connectivity index (χ3v) is 4.13. The first-order valence-corrected chi connectivity index (χ1v) is 8.41. The largest absolute Gasteiger partial charge is 0.339 e. The Morgan fingerprint density at radius 3 is 2.46 bits per heavy atom. The number of likely N-dealkylation sites (N-methyl/N-ethyl adjacent to an activating group) is 1. The van der Waals surface area contributed by atoms with E-state index in [4.69, 9.17) is 5.73 Å². The van der Waals surface area contributed by atoms with Gasteiger partial charge in [0.15, 0.2) is 0 Å². The topological polar surface area (TPSA) is 78.2 Å². The number of amides is 1. The van der Waals surface area contributed by atoms with Crippen LogP contribution in [0.25, 0.3) is 11.3 Å². The van der Waals surface area contributed by atoms with Crippen molar-refractivity contribution in [2.24, 2.45) is 5.73 Å². The van der Waals surface area contributed by atoms with Crippen LogP contribution in [0.5, 0.6) is 0 Å². The molecule has 6 heteroatoms. The summed E-state index contributed by atoms with van der Waals surface area (Å²) in [5.41, 5.74) is 9.35. The average Bonchev–Trinajstić information content (AvgIpc) is 3.04. The highest BCUT2D eigenvalue weighted by atomic mass is 16.2. The molecule has 0 bridgehead atoms. The molecule has 0 atom stereocenters. The van der Waals surface area contributed by atoms with Crippen molar-refractivity contribution in [2.45, 2.75) is 20.4 Å². The van der Waals surface area contributed by atoms with Crippen molar-refractivity contribution in [2.75, 3.05) is 33.2 Å². The molecule has 0 aliphatic rings. The highest BCUT2D eigenvalue weighted by molar-refractivity contribution is 5.94. The van der Waals surface area contributed by atoms with E-state index in [1.54, 1.807) is 0 Å². The summed E-state index contributed by atoms with van der Waals surface area (Å²) >= 11 is 0. The monoisotopic (exact) mass is 329 g/mol. The van der Waals surface area contributed by atoms with Gasteiger partial charge >= 0.3 is 0 Å². The molecular formula is C18H27N5O. The van der Waals surface area contributed by atoms with Gasteiger partial charge in [-0.15, -0.1) is 0 Å². The summed E-state index contributed by atoms with van der Waals surface area (Å²) in [5.74, 6) is 0.0662. The first-order valence-electron chi connectivity index (χ1n) is 8.41. The van der Waals surface area contributed by atoms with Gasteiger partial charge in [-0.1, -0.05) is 12.1 Å². The molecule has 0 saturated heterocycles. The molecule has 130 valence electrons. The van der Waals surface area contributed by atoms with Gasteiger partial charge in [0.05, 0.1) is 5.69 Å². The van der Waals surface area contributed by atoms with E-state index in [1.165, 1.54) is 0 Å². The molecule has 0 spiro atoms. The number of aromatic nitrogens is 2. The number of nitrogens with two attached hydrogens (primary N) is 1. The molecule has 2 aromatic rings. The minimum absolute atomic E-state index is 0.0662. The van der Waals surface area contributed by atoms with Crippen LogP contribution in [0, 0.1) is 0 Å². The summed E-state index contributed by atoms with van der Waals surface area (Å²) in [6, 6.07) is 7.66. The normalized spacial score (nSPS) is 11.0. The molecule has 0 aliphatic carbocycles. The van der Waals surface area contributed by atoms with E-state index < -0.39 is 0 Å². The van der Waals surface area contributed by atoms with Crippen LogP contribution in [0.1, 0.15) is 29.8 Å². The first kappa shape index (κ1) is 18.2. The summed E-state index contributed by atoms with van der Waals surface area (Å²) < 4.78 is 0. The van der Waals surface area contributed by atoms with Gasteiger partial charge in [0.1, 0.15) is 0 Å². The maximum Gasteiger partial charge on any atom is 0.253 e. The van der Waals surface area contributed by atoms with Crippen LogP contribution in [-0.4, -0.2) is 59.1 Å². The highest BCUT2D eigenvalue weighted by Gasteiger charge is 2.14. The fraction of sp³-hybridized carbons (Fsp3) is 0.444. The Hall–Kier alpha value is -2.18. The zero-order chi connectivity index (χ0) is 17.5. The van der Waals surface area contributed by atoms with E-state index in [-0.39, 0.29) is 5.91 Å². The molecule has 2 rings (SSSR count). The van der Waals surface area contributed by atoms with Gasteiger partial charge in [-0.05, 0) is 33.0 Å². The van der Waals surface area contributed by atoms with Crippen molar-refractivity contribution in [3.63, 3.8) is 0 Å². The maximum atomic E-state index is 12.4. The van der Waals surface area contributed by atoms with Crippen molar-refractivity contribution in [3.8, 4) is 11.3 Å². The Morgan fingerprint density at radius 2 is 1.88 bits per heavy atom. The number of nitrogens with one attached hydrogen (secondary N) is 1. The van der Waals surface area contributed by atoms with Crippen LogP contribution < -0.4 is 5.73 Å². The SMILES string of the molecule is CCN(CC)C(=O)c1ccc(-c2n[nH]cc2CN(C)CCN)cc1. The Kier molecular flexibility index (Phi) is 6.52. The number of H-pyrrole nitrogens is 1. The number of carbonyl (C=O) groups is 1. The zero-order valence-electron chi connectivity index (χ0n) is 14.7. The van der Waals surface area contributed by atoms with Gasteiger partial charge in [0, 0.05) is 55.6 Å². The van der Waals surface area contributed by atoms with E-state index in [0.29, 0.717) is 25.2 Å². The summed E-state index contributed by atoms with van der Waals surface area (Å²) in [6.07, 6.45) is 1.91. The predicted molar refractivity (Wildman–Crippen MR) is 96.7 cm³/mol. The van der Waals surface area contributed by atoms with E-state index in [1.807, 2.05) is 56.3 Å². The quantitative estimate of drug-likeness (QED) is 0.776. The lowest BCUT2D eigenvalue weighted by Crippen LogP contribution is -2.30. The summed E-state index contributed by atoms with van der Waals surface area (Å²) in [5, 5.41) is 7.30. The molecule has 1 heterocycles. The van der Waals surface area contributed by atoms with E-state index in [2.05, 4.69) is 15.1 Å². The lowest BCUT2D eigenvalue weighted by molar-refractivity contribution is 0.0773. The second kappa shape index (κ2) is 8.61. The smallest absolute Gasteiger partial charge is 0.253 e. The average molecular weight is 329 g/mol. The standard InChI is InChI=1S/C18H27N5O/c1-4-23(5-2)18(24)15-8-6-14(7-9-15)17-16(12-20-21-17)13-22(3)11-10-19/h6-9,12H,4-5,10-11,13,19H2,1-3H3,(H,20,21). The summed E-state index contributed by atoms with van der Waals surface area (Å²) in [4.78, 5) is 16.4. The van der Waals surface area contributed by atoms with Crippen LogP contribution >= 0.6 is 0 Å². The van der Waals surface area contributed by atoms with Gasteiger partial charge in [-0.3, -0.25) is 9.89 Å². The third kappa shape index (κ3) is 4.21. The van der Waals surface area contributed by atoms with Gasteiger partial charge < -0.3 is 15.5 Å². The van der Waals surface area contributed by atoms with Crippen molar-refractivity contribution < 1.29 is 4.79 Å². The number of rotatable bonds is 8. The fourth-order valence-electron chi connectivity index (χ4n) is 2.74. The van der Waals surface area contributed by atoms with Crippen molar-refractivity contribution in [1.29, 1.82) is 0 Å². The minimum Gasteiger partial charge on any atom is -0.339 e. The van der Waals surface area contributed by atoms with E-state index >= 15 is 0 Å². The van der Waals surface area contributed by atoms with E-state index in [9.17, 15) is 4.79 Å². The zero-order valence-corrected chi connectivity index (χ0v) is 14.7. The van der Waals surface area contributed by atoms with Gasteiger partial charge in [0.2, 0.25) is 0 Å². The molecule has 0 radical (unpaired) electrons. The molecular weight excluding hydrogens is 302 g/mol. The van der Waals surface area contributed by atoms with Gasteiger partial charge in [-0.2, -0.15) is 5.10 Å². The molecule has 1 aromatic carbocycles. The third-order valence-electron chi connectivity index (χ3n) is 4.13. The van der Waals surface area contributed by atoms with Crippen LogP contribution in [0.2, 0.25) is 0 Å². The number of hydrogen-bond acceptors (Lipinski definition) is 4. The second-order valence-corrected chi connectivity index (χ2v) is 5.84. The lowest BCUT2D eigenvalue weighted by atomic mass is 10.0. The van der Waals surface area contributed by atoms with Crippen LogP contribution in [0.4, 0.5) is 0 Å². The number of aromatic amines is 1. The number of carbonyl (C=O) groups excluding carboxylic acids is 1. The van der Waals surface area contributed by atoms with Crippen molar-refractivity contribution in [3.05, 3.63) is 41.6 Å². The van der Waals surface area contributed by atoms with Crippen LogP contribution in [0.3, 0.4) is 0 Å². The number of hydrogen-bond donors (Lipinski definition) is 2.